The van der Waals surface area contributed by atoms with E-state index in [1.165, 1.54) is 24.3 Å². The van der Waals surface area contributed by atoms with Crippen molar-refractivity contribution in [3.63, 3.8) is 0 Å². The van der Waals surface area contributed by atoms with Gasteiger partial charge in [0.25, 0.3) is 5.91 Å². The zero-order chi connectivity index (χ0) is 23.8. The maximum atomic E-state index is 13.0. The van der Waals surface area contributed by atoms with Gasteiger partial charge >= 0.3 is 0 Å². The van der Waals surface area contributed by atoms with Crippen molar-refractivity contribution in [1.82, 2.24) is 9.97 Å². The van der Waals surface area contributed by atoms with Gasteiger partial charge in [-0.1, -0.05) is 19.1 Å². The Morgan fingerprint density at radius 2 is 1.85 bits per heavy atom. The first kappa shape index (κ1) is 22.0. The molecule has 0 unspecified atom stereocenters. The number of carbonyl (C=O) groups is 2. The number of nitrogens with one attached hydrogen (secondary N) is 1. The number of benzene rings is 2. The number of nitrogens with zero attached hydrogens (tertiary/aromatic N) is 4. The van der Waals surface area contributed by atoms with Crippen LogP contribution >= 0.6 is 0 Å². The molecule has 1 fully saturated rings. The van der Waals surface area contributed by atoms with Crippen LogP contribution in [0.2, 0.25) is 0 Å². The van der Waals surface area contributed by atoms with Crippen molar-refractivity contribution < 1.29 is 14.0 Å². The summed E-state index contributed by atoms with van der Waals surface area (Å²) in [6, 6.07) is 12.9. The number of amides is 2. The highest BCUT2D eigenvalue weighted by Crippen LogP contribution is 2.39. The molecule has 3 heterocycles. The Morgan fingerprint density at radius 3 is 2.59 bits per heavy atom. The van der Waals surface area contributed by atoms with Gasteiger partial charge in [-0.15, -0.1) is 0 Å². The average Bonchev–Trinajstić information content (AvgIpc) is 3.24. The van der Waals surface area contributed by atoms with Crippen molar-refractivity contribution in [3.8, 4) is 0 Å². The molecule has 0 aliphatic carbocycles. The van der Waals surface area contributed by atoms with Gasteiger partial charge in [-0.2, -0.15) is 0 Å². The number of rotatable bonds is 5. The summed E-state index contributed by atoms with van der Waals surface area (Å²) in [6.07, 6.45) is 4.11. The summed E-state index contributed by atoms with van der Waals surface area (Å²) >= 11 is 0. The Morgan fingerprint density at radius 1 is 1.12 bits per heavy atom. The van der Waals surface area contributed by atoms with Crippen molar-refractivity contribution >= 4 is 29.0 Å². The SMILES string of the molecule is C[C@H]1CCN2c3nc(CCc4ccc(C(=O)Nc5ccc(F)cc5)cc4)ncc3N(C)C(=O)[C@@H]12. The van der Waals surface area contributed by atoms with Gasteiger partial charge in [0.2, 0.25) is 5.91 Å². The molecule has 0 saturated carbocycles. The lowest BCUT2D eigenvalue weighted by atomic mass is 10.00. The summed E-state index contributed by atoms with van der Waals surface area (Å²) in [6.45, 7) is 2.95. The zero-order valence-corrected chi connectivity index (χ0v) is 19.2. The van der Waals surface area contributed by atoms with Gasteiger partial charge in [-0.05, 0) is 60.7 Å². The number of likely N-dealkylation sites (N-methyl/N-ethyl adjacent to an activating group) is 1. The van der Waals surface area contributed by atoms with Crippen molar-refractivity contribution in [2.45, 2.75) is 32.2 Å². The van der Waals surface area contributed by atoms with Crippen LogP contribution in [-0.2, 0) is 17.6 Å². The van der Waals surface area contributed by atoms with E-state index in [9.17, 15) is 14.0 Å². The average molecular weight is 460 g/mol. The molecule has 3 aromatic rings. The number of hydrogen-bond donors (Lipinski definition) is 1. The van der Waals surface area contributed by atoms with Crippen LogP contribution in [0.4, 0.5) is 21.6 Å². The van der Waals surface area contributed by atoms with E-state index >= 15 is 0 Å². The van der Waals surface area contributed by atoms with Gasteiger partial charge < -0.3 is 15.1 Å². The summed E-state index contributed by atoms with van der Waals surface area (Å²) in [5.74, 6) is 1.40. The van der Waals surface area contributed by atoms with Crippen molar-refractivity contribution in [1.29, 1.82) is 0 Å². The molecule has 2 aliphatic rings. The Bertz CT molecular complexity index is 1230. The number of hydrogen-bond acceptors (Lipinski definition) is 5. The van der Waals surface area contributed by atoms with E-state index < -0.39 is 0 Å². The quantitative estimate of drug-likeness (QED) is 0.627. The normalized spacial score (nSPS) is 19.1. The van der Waals surface area contributed by atoms with Crippen molar-refractivity contribution in [2.24, 2.45) is 5.92 Å². The Balaban J connectivity index is 1.25. The lowest BCUT2D eigenvalue weighted by molar-refractivity contribution is -0.120. The van der Waals surface area contributed by atoms with Crippen LogP contribution < -0.4 is 15.1 Å². The lowest BCUT2D eigenvalue weighted by Gasteiger charge is -2.37. The van der Waals surface area contributed by atoms with E-state index in [-0.39, 0.29) is 23.7 Å². The highest BCUT2D eigenvalue weighted by atomic mass is 19.1. The van der Waals surface area contributed by atoms with Gasteiger partial charge in [0.05, 0.1) is 6.20 Å². The molecule has 7 nitrogen and oxygen atoms in total. The van der Waals surface area contributed by atoms with Gasteiger partial charge in [-0.25, -0.2) is 14.4 Å². The Hall–Kier alpha value is -3.81. The standard InChI is InChI=1S/C26H26FN5O2/c1-16-13-14-32-23(16)26(34)31(2)21-15-28-22(30-24(21)32)12-5-17-3-6-18(7-4-17)25(33)29-20-10-8-19(27)9-11-20/h3-4,6-11,15-16,23H,5,12-14H2,1-2H3,(H,29,33)/t16-,23+/m0/s1. The molecule has 0 bridgehead atoms. The summed E-state index contributed by atoms with van der Waals surface area (Å²) in [4.78, 5) is 38.3. The summed E-state index contributed by atoms with van der Waals surface area (Å²) in [7, 11) is 1.79. The minimum Gasteiger partial charge on any atom is -0.342 e. The highest BCUT2D eigenvalue weighted by molar-refractivity contribution is 6.05. The van der Waals surface area contributed by atoms with Crippen LogP contribution in [0.1, 0.15) is 35.1 Å². The third kappa shape index (κ3) is 4.11. The van der Waals surface area contributed by atoms with Crippen LogP contribution in [-0.4, -0.2) is 41.4 Å². The molecule has 2 amide bonds. The van der Waals surface area contributed by atoms with Gasteiger partial charge in [0.15, 0.2) is 5.82 Å². The van der Waals surface area contributed by atoms with E-state index in [0.29, 0.717) is 23.6 Å². The predicted octanol–water partition coefficient (Wildman–Crippen LogP) is 3.84. The van der Waals surface area contributed by atoms with Crippen LogP contribution in [0.3, 0.4) is 0 Å². The highest BCUT2D eigenvalue weighted by Gasteiger charge is 2.44. The second-order valence-electron chi connectivity index (χ2n) is 8.95. The molecular formula is C26H26FN5O2. The largest absolute Gasteiger partial charge is 0.342 e. The first-order chi connectivity index (χ1) is 16.4. The molecule has 5 rings (SSSR count). The lowest BCUT2D eigenvalue weighted by Crippen LogP contribution is -2.51. The van der Waals surface area contributed by atoms with E-state index in [0.717, 1.165) is 42.3 Å². The fraction of sp³-hybridized carbons (Fsp3) is 0.308. The van der Waals surface area contributed by atoms with Crippen LogP contribution in [0.5, 0.6) is 0 Å². The van der Waals surface area contributed by atoms with Gasteiger partial charge in [0, 0.05) is 31.3 Å². The first-order valence-electron chi connectivity index (χ1n) is 11.5. The smallest absolute Gasteiger partial charge is 0.255 e. The van der Waals surface area contributed by atoms with Gasteiger partial charge in [-0.3, -0.25) is 9.59 Å². The first-order valence-corrected chi connectivity index (χ1v) is 11.5. The zero-order valence-electron chi connectivity index (χ0n) is 19.2. The van der Waals surface area contributed by atoms with E-state index in [1.54, 1.807) is 30.3 Å². The van der Waals surface area contributed by atoms with Crippen molar-refractivity contribution in [3.05, 3.63) is 77.5 Å². The fourth-order valence-corrected chi connectivity index (χ4v) is 4.66. The number of anilines is 3. The van der Waals surface area contributed by atoms with Crippen LogP contribution in [0.15, 0.2) is 54.7 Å². The molecule has 2 atom stereocenters. The molecule has 1 aromatic heterocycles. The molecule has 1 saturated heterocycles. The molecule has 2 aromatic carbocycles. The number of halogens is 1. The molecule has 8 heteroatoms. The van der Waals surface area contributed by atoms with E-state index in [4.69, 9.17) is 4.98 Å². The molecule has 34 heavy (non-hydrogen) atoms. The van der Waals surface area contributed by atoms with Crippen molar-refractivity contribution in [2.75, 3.05) is 28.7 Å². The third-order valence-corrected chi connectivity index (χ3v) is 6.67. The topological polar surface area (TPSA) is 78.4 Å². The van der Waals surface area contributed by atoms with Gasteiger partial charge in [0.1, 0.15) is 23.4 Å². The maximum Gasteiger partial charge on any atom is 0.255 e. The summed E-state index contributed by atoms with van der Waals surface area (Å²) in [5, 5.41) is 2.76. The number of carbonyl (C=O) groups excluding carboxylic acids is 2. The number of aryl methyl sites for hydroxylation is 2. The maximum absolute atomic E-state index is 13.0. The molecule has 2 aliphatic heterocycles. The summed E-state index contributed by atoms with van der Waals surface area (Å²) < 4.78 is 13.0. The monoisotopic (exact) mass is 459 g/mol. The minimum absolute atomic E-state index is 0.109. The molecule has 0 spiro atoms. The molecule has 174 valence electrons. The minimum atomic E-state index is -0.347. The molecule has 1 N–H and O–H groups in total. The predicted molar refractivity (Wildman–Crippen MR) is 129 cm³/mol. The summed E-state index contributed by atoms with van der Waals surface area (Å²) in [5.41, 5.74) is 2.90. The number of aromatic nitrogens is 2. The third-order valence-electron chi connectivity index (χ3n) is 6.67. The van der Waals surface area contributed by atoms with E-state index in [2.05, 4.69) is 22.1 Å². The Kier molecular flexibility index (Phi) is 5.73. The number of fused-ring (bicyclic) bond motifs is 3. The van der Waals surface area contributed by atoms with Crippen LogP contribution in [0, 0.1) is 11.7 Å². The van der Waals surface area contributed by atoms with E-state index in [1.807, 2.05) is 12.1 Å². The van der Waals surface area contributed by atoms with Crippen LogP contribution in [0.25, 0.3) is 0 Å². The fourth-order valence-electron chi connectivity index (χ4n) is 4.66. The molecular weight excluding hydrogens is 433 g/mol. The second kappa shape index (κ2) is 8.85. The molecule has 0 radical (unpaired) electrons. The Labute approximate surface area is 197 Å². The second-order valence-corrected chi connectivity index (χ2v) is 8.95.